The topological polar surface area (TPSA) is 110 Å². The summed E-state index contributed by atoms with van der Waals surface area (Å²) in [6.07, 6.45) is 2.84. The molecule has 2 N–H and O–H groups in total. The number of fused-ring (bicyclic) bond motifs is 1. The monoisotopic (exact) mass is 496 g/mol. The fraction of sp³-hybridized carbons (Fsp3) is 0.481. The highest BCUT2D eigenvalue weighted by molar-refractivity contribution is 5.94. The number of pyridine rings is 1. The number of nitrogens with one attached hydrogen (secondary N) is 2. The van der Waals surface area contributed by atoms with Gasteiger partial charge in [-0.2, -0.15) is 0 Å². The largest absolute Gasteiger partial charge is 0.468 e. The second kappa shape index (κ2) is 12.0. The molecule has 2 aromatic rings. The second-order valence-corrected chi connectivity index (χ2v) is 9.79. The van der Waals surface area contributed by atoms with Gasteiger partial charge in [0.05, 0.1) is 7.11 Å². The molecule has 36 heavy (non-hydrogen) atoms. The van der Waals surface area contributed by atoms with Gasteiger partial charge in [0.1, 0.15) is 17.5 Å². The molecule has 1 aromatic heterocycles. The van der Waals surface area contributed by atoms with Crippen LogP contribution >= 0.6 is 0 Å². The molecule has 1 atom stereocenters. The number of anilines is 1. The van der Waals surface area contributed by atoms with Crippen molar-refractivity contribution in [2.75, 3.05) is 32.1 Å². The van der Waals surface area contributed by atoms with Crippen molar-refractivity contribution in [3.63, 3.8) is 0 Å². The van der Waals surface area contributed by atoms with Crippen molar-refractivity contribution in [1.29, 1.82) is 0 Å². The van der Waals surface area contributed by atoms with Gasteiger partial charge in [0.15, 0.2) is 0 Å². The van der Waals surface area contributed by atoms with Gasteiger partial charge in [-0.25, -0.2) is 9.78 Å². The lowest BCUT2D eigenvalue weighted by Gasteiger charge is -2.31. The van der Waals surface area contributed by atoms with Gasteiger partial charge in [0.25, 0.3) is 5.91 Å². The summed E-state index contributed by atoms with van der Waals surface area (Å²) >= 11 is 0. The molecule has 2 amide bonds. The lowest BCUT2D eigenvalue weighted by molar-refractivity contribution is -0.142. The maximum Gasteiger partial charge on any atom is 0.416 e. The number of hydrogen-bond acceptors (Lipinski definition) is 7. The highest BCUT2D eigenvalue weighted by atomic mass is 16.6. The number of hydrogen-bond donors (Lipinski definition) is 2. The van der Waals surface area contributed by atoms with Gasteiger partial charge in [-0.15, -0.1) is 0 Å². The quantitative estimate of drug-likeness (QED) is 0.541. The molecule has 0 aliphatic carbocycles. The number of carbonyl (C=O) groups is 3. The van der Waals surface area contributed by atoms with Crippen molar-refractivity contribution in [3.8, 4) is 0 Å². The Balaban J connectivity index is 1.60. The molecule has 1 aliphatic rings. The molecule has 0 spiro atoms. The third-order valence-corrected chi connectivity index (χ3v) is 5.90. The zero-order valence-corrected chi connectivity index (χ0v) is 21.7. The zero-order valence-electron chi connectivity index (χ0n) is 21.7. The Morgan fingerprint density at radius 2 is 1.81 bits per heavy atom. The van der Waals surface area contributed by atoms with Gasteiger partial charge < -0.3 is 20.1 Å². The van der Waals surface area contributed by atoms with Crippen LogP contribution in [0.15, 0.2) is 36.4 Å². The van der Waals surface area contributed by atoms with Gasteiger partial charge in [0.2, 0.25) is 0 Å². The smallest absolute Gasteiger partial charge is 0.416 e. The average Bonchev–Trinajstić information content (AvgIpc) is 2.86. The first-order chi connectivity index (χ1) is 17.1. The normalized spacial score (nSPS) is 14.0. The van der Waals surface area contributed by atoms with Crippen LogP contribution in [0.3, 0.4) is 0 Å². The van der Waals surface area contributed by atoms with E-state index >= 15 is 0 Å². The number of methoxy groups -OCH3 is 1. The van der Waals surface area contributed by atoms with Crippen molar-refractivity contribution in [1.82, 2.24) is 15.6 Å². The van der Waals surface area contributed by atoms with Crippen molar-refractivity contribution in [2.24, 2.45) is 0 Å². The molecule has 9 heteroatoms. The Morgan fingerprint density at radius 1 is 1.08 bits per heavy atom. The molecule has 0 bridgehead atoms. The van der Waals surface area contributed by atoms with Gasteiger partial charge in [-0.1, -0.05) is 18.2 Å². The molecular weight excluding hydrogens is 460 g/mol. The molecule has 1 aliphatic heterocycles. The Bertz CT molecular complexity index is 1080. The lowest BCUT2D eigenvalue weighted by Crippen LogP contribution is -2.45. The molecule has 2 heterocycles. The van der Waals surface area contributed by atoms with Gasteiger partial charge >= 0.3 is 12.1 Å². The van der Waals surface area contributed by atoms with E-state index in [0.717, 1.165) is 36.1 Å². The first-order valence-electron chi connectivity index (χ1n) is 12.2. The molecule has 0 saturated heterocycles. The zero-order chi connectivity index (χ0) is 26.3. The Morgan fingerprint density at radius 3 is 2.44 bits per heavy atom. The number of ether oxygens (including phenoxy) is 2. The Hall–Kier alpha value is -3.46. The van der Waals surface area contributed by atoms with Crippen molar-refractivity contribution >= 4 is 23.8 Å². The molecule has 1 unspecified atom stereocenters. The Kier molecular flexibility index (Phi) is 9.03. The maximum atomic E-state index is 12.7. The van der Waals surface area contributed by atoms with Crippen LogP contribution < -0.4 is 15.5 Å². The predicted molar refractivity (Wildman–Crippen MR) is 137 cm³/mol. The van der Waals surface area contributed by atoms with E-state index in [1.54, 1.807) is 24.1 Å². The number of nitrogens with zero attached hydrogens (tertiary/aromatic N) is 2. The van der Waals surface area contributed by atoms with Crippen LogP contribution in [0.25, 0.3) is 0 Å². The molecule has 194 valence electrons. The van der Waals surface area contributed by atoms with Crippen LogP contribution in [0.5, 0.6) is 0 Å². The molecular formula is C27H36N4O5. The van der Waals surface area contributed by atoms with E-state index in [9.17, 15) is 14.4 Å². The SMILES string of the molecule is CNC(CNC(=O)c1ccc(CCc2ccc3c(n2)N(C(=O)OC(C)(C)C)CCC3)cc1)C(=O)OC. The highest BCUT2D eigenvalue weighted by Crippen LogP contribution is 2.27. The number of aromatic nitrogens is 1. The van der Waals surface area contributed by atoms with Crippen molar-refractivity contribution < 1.29 is 23.9 Å². The number of esters is 1. The molecule has 3 rings (SSSR count). The van der Waals surface area contributed by atoms with Crippen LogP contribution in [0, 0.1) is 0 Å². The predicted octanol–water partition coefficient (Wildman–Crippen LogP) is 3.05. The van der Waals surface area contributed by atoms with Crippen LogP contribution in [0.1, 0.15) is 54.4 Å². The molecule has 9 nitrogen and oxygen atoms in total. The van der Waals surface area contributed by atoms with E-state index in [-0.39, 0.29) is 18.5 Å². The summed E-state index contributed by atoms with van der Waals surface area (Å²) in [5, 5.41) is 5.56. The van der Waals surface area contributed by atoms with Crippen molar-refractivity contribution in [3.05, 3.63) is 58.8 Å². The first-order valence-corrected chi connectivity index (χ1v) is 12.2. The summed E-state index contributed by atoms with van der Waals surface area (Å²) in [6.45, 7) is 6.30. The minimum Gasteiger partial charge on any atom is -0.468 e. The van der Waals surface area contributed by atoms with Gasteiger partial charge in [-0.05, 0) is 82.8 Å². The minimum atomic E-state index is -0.603. The van der Waals surface area contributed by atoms with Crippen LogP contribution in [-0.4, -0.2) is 61.8 Å². The third-order valence-electron chi connectivity index (χ3n) is 5.90. The van der Waals surface area contributed by atoms with E-state index in [4.69, 9.17) is 14.5 Å². The Labute approximate surface area is 212 Å². The first kappa shape index (κ1) is 27.1. The van der Waals surface area contributed by atoms with Crippen LogP contribution in [0.4, 0.5) is 10.6 Å². The second-order valence-electron chi connectivity index (χ2n) is 9.79. The molecule has 0 saturated carbocycles. The molecule has 0 fully saturated rings. The standard InChI is InChI=1S/C27H36N4O5/c1-27(2,3)36-26(34)31-16-6-7-19-13-15-21(30-23(19)31)14-10-18-8-11-20(12-9-18)24(32)29-17-22(28-4)25(33)35-5/h8-9,11-13,15,22,28H,6-7,10,14,16-17H2,1-5H3,(H,29,32). The van der Waals surface area contributed by atoms with E-state index in [0.29, 0.717) is 24.3 Å². The van der Waals surface area contributed by atoms with Crippen LogP contribution in [0.2, 0.25) is 0 Å². The minimum absolute atomic E-state index is 0.133. The number of aryl methyl sites for hydroxylation is 3. The highest BCUT2D eigenvalue weighted by Gasteiger charge is 2.28. The summed E-state index contributed by atoms with van der Waals surface area (Å²) in [5.41, 5.74) is 2.97. The summed E-state index contributed by atoms with van der Waals surface area (Å²) in [6, 6.07) is 10.8. The molecule has 0 radical (unpaired) electrons. The summed E-state index contributed by atoms with van der Waals surface area (Å²) < 4.78 is 10.3. The molecule has 1 aromatic carbocycles. The van der Waals surface area contributed by atoms with Crippen molar-refractivity contribution in [2.45, 2.75) is 58.1 Å². The summed E-state index contributed by atoms with van der Waals surface area (Å²) in [5.74, 6) is -0.00529. The summed E-state index contributed by atoms with van der Waals surface area (Å²) in [7, 11) is 2.94. The van der Waals surface area contributed by atoms with E-state index < -0.39 is 17.6 Å². The van der Waals surface area contributed by atoms with E-state index in [2.05, 4.69) is 10.6 Å². The number of carbonyl (C=O) groups excluding carboxylic acids is 3. The van der Waals surface area contributed by atoms with E-state index in [1.807, 2.05) is 45.0 Å². The number of benzene rings is 1. The third kappa shape index (κ3) is 7.27. The van der Waals surface area contributed by atoms with Gasteiger partial charge in [-0.3, -0.25) is 14.5 Å². The number of likely N-dealkylation sites (N-methyl/N-ethyl adjacent to an activating group) is 1. The van der Waals surface area contributed by atoms with Crippen LogP contribution in [-0.2, 0) is 33.5 Å². The number of amides is 2. The fourth-order valence-electron chi connectivity index (χ4n) is 3.95. The van der Waals surface area contributed by atoms with E-state index in [1.165, 1.54) is 7.11 Å². The number of rotatable bonds is 8. The fourth-order valence-corrected chi connectivity index (χ4v) is 3.95. The van der Waals surface area contributed by atoms with Gasteiger partial charge in [0, 0.05) is 24.3 Å². The lowest BCUT2D eigenvalue weighted by atomic mass is 10.0. The summed E-state index contributed by atoms with van der Waals surface area (Å²) in [4.78, 5) is 43.2. The maximum absolute atomic E-state index is 12.7. The average molecular weight is 497 g/mol.